The number of ether oxygens (including phenoxy) is 1. The van der Waals surface area contributed by atoms with Crippen LogP contribution in [0.15, 0.2) is 0 Å². The number of hydrogen-bond donors (Lipinski definition) is 2. The van der Waals surface area contributed by atoms with E-state index in [1.807, 2.05) is 6.92 Å². The lowest BCUT2D eigenvalue weighted by atomic mass is 9.94. The molecule has 0 unspecified atom stereocenters. The van der Waals surface area contributed by atoms with E-state index < -0.39 is 5.60 Å². The van der Waals surface area contributed by atoms with Crippen LogP contribution in [0.25, 0.3) is 0 Å². The van der Waals surface area contributed by atoms with E-state index in [1.165, 1.54) is 0 Å². The first kappa shape index (κ1) is 12.2. The summed E-state index contributed by atoms with van der Waals surface area (Å²) in [6.45, 7) is 4.94. The van der Waals surface area contributed by atoms with Crippen LogP contribution in [-0.4, -0.2) is 37.0 Å². The van der Waals surface area contributed by atoms with Crippen LogP contribution < -0.4 is 5.32 Å². The Labute approximate surface area is 79.9 Å². The van der Waals surface area contributed by atoms with Crippen molar-refractivity contribution in [1.29, 1.82) is 0 Å². The Bertz CT molecular complexity index is 116. The fourth-order valence-electron chi connectivity index (χ4n) is 1.33. The molecule has 12 heavy (non-hydrogen) atoms. The number of hydrogen-bond acceptors (Lipinski definition) is 3. The first-order chi connectivity index (χ1) is 5.27. The Morgan fingerprint density at radius 1 is 1.42 bits per heavy atom. The molecule has 0 amide bonds. The summed E-state index contributed by atoms with van der Waals surface area (Å²) >= 11 is 0. The molecule has 0 bridgehead atoms. The molecule has 0 aliphatic carbocycles. The highest BCUT2D eigenvalue weighted by Gasteiger charge is 2.28. The van der Waals surface area contributed by atoms with Gasteiger partial charge >= 0.3 is 0 Å². The van der Waals surface area contributed by atoms with Crippen LogP contribution in [0.4, 0.5) is 0 Å². The van der Waals surface area contributed by atoms with Gasteiger partial charge in [0.05, 0.1) is 12.2 Å². The van der Waals surface area contributed by atoms with Crippen molar-refractivity contribution in [3.8, 4) is 0 Å². The van der Waals surface area contributed by atoms with Gasteiger partial charge in [0.15, 0.2) is 0 Å². The second kappa shape index (κ2) is 5.75. The van der Waals surface area contributed by atoms with Gasteiger partial charge in [0, 0.05) is 6.61 Å². The van der Waals surface area contributed by atoms with Crippen molar-refractivity contribution in [3.05, 3.63) is 0 Å². The predicted molar refractivity (Wildman–Crippen MR) is 50.8 cm³/mol. The van der Waals surface area contributed by atoms with Crippen LogP contribution in [0.3, 0.4) is 0 Å². The molecule has 0 saturated carbocycles. The van der Waals surface area contributed by atoms with Crippen LogP contribution in [0.5, 0.6) is 0 Å². The van der Waals surface area contributed by atoms with E-state index in [0.29, 0.717) is 13.2 Å². The minimum absolute atomic E-state index is 0. The third kappa shape index (κ3) is 3.72. The minimum atomic E-state index is -0.554. The van der Waals surface area contributed by atoms with Gasteiger partial charge in [0.25, 0.3) is 0 Å². The molecule has 1 rings (SSSR count). The Hall–Kier alpha value is 0.170. The number of rotatable bonds is 3. The van der Waals surface area contributed by atoms with E-state index in [-0.39, 0.29) is 12.4 Å². The molecule has 74 valence electrons. The van der Waals surface area contributed by atoms with E-state index in [2.05, 4.69) is 5.32 Å². The van der Waals surface area contributed by atoms with Gasteiger partial charge in [-0.2, -0.15) is 0 Å². The van der Waals surface area contributed by atoms with Gasteiger partial charge < -0.3 is 15.2 Å². The summed E-state index contributed by atoms with van der Waals surface area (Å²) in [6.07, 6.45) is 1.62. The highest BCUT2D eigenvalue weighted by Crippen LogP contribution is 2.17. The van der Waals surface area contributed by atoms with Crippen LogP contribution >= 0.6 is 12.4 Å². The lowest BCUT2D eigenvalue weighted by Gasteiger charge is -2.31. The molecule has 0 aromatic carbocycles. The van der Waals surface area contributed by atoms with Crippen LogP contribution in [0.1, 0.15) is 19.8 Å². The van der Waals surface area contributed by atoms with Crippen molar-refractivity contribution in [3.63, 3.8) is 0 Å². The minimum Gasteiger partial charge on any atom is -0.387 e. The second-order valence-electron chi connectivity index (χ2n) is 3.11. The Morgan fingerprint density at radius 2 is 2.00 bits per heavy atom. The maximum atomic E-state index is 9.84. The molecule has 1 aliphatic rings. The standard InChI is InChI=1S/C8H17NO2.ClH/c1-2-11-7-8(10)3-5-9-6-4-8;/h9-10H,2-7H2,1H3;1H. The van der Waals surface area contributed by atoms with Gasteiger partial charge in [-0.1, -0.05) is 0 Å². The zero-order valence-corrected chi connectivity index (χ0v) is 8.32. The molecule has 1 fully saturated rings. The molecular weight excluding hydrogens is 178 g/mol. The summed E-state index contributed by atoms with van der Waals surface area (Å²) in [4.78, 5) is 0. The lowest BCUT2D eigenvalue weighted by molar-refractivity contribution is -0.0614. The van der Waals surface area contributed by atoms with Gasteiger partial charge in [-0.25, -0.2) is 0 Å². The smallest absolute Gasteiger partial charge is 0.0904 e. The first-order valence-corrected chi connectivity index (χ1v) is 4.28. The topological polar surface area (TPSA) is 41.5 Å². The van der Waals surface area contributed by atoms with E-state index in [0.717, 1.165) is 25.9 Å². The summed E-state index contributed by atoms with van der Waals surface area (Å²) < 4.78 is 5.20. The van der Waals surface area contributed by atoms with Crippen LogP contribution in [0.2, 0.25) is 0 Å². The largest absolute Gasteiger partial charge is 0.387 e. The number of aliphatic hydroxyl groups is 1. The molecule has 2 N–H and O–H groups in total. The third-order valence-electron chi connectivity index (χ3n) is 2.11. The summed E-state index contributed by atoms with van der Waals surface area (Å²) in [5.74, 6) is 0. The fourth-order valence-corrected chi connectivity index (χ4v) is 1.33. The van der Waals surface area contributed by atoms with Crippen LogP contribution in [0, 0.1) is 0 Å². The molecule has 0 spiro atoms. The second-order valence-corrected chi connectivity index (χ2v) is 3.11. The van der Waals surface area contributed by atoms with Gasteiger partial charge in [-0.05, 0) is 32.9 Å². The van der Waals surface area contributed by atoms with Gasteiger partial charge in [-0.15, -0.1) is 12.4 Å². The van der Waals surface area contributed by atoms with Gasteiger partial charge in [0.2, 0.25) is 0 Å². The van der Waals surface area contributed by atoms with Crippen molar-refractivity contribution in [2.75, 3.05) is 26.3 Å². The zero-order chi connectivity index (χ0) is 8.16. The Balaban J connectivity index is 0.00000121. The maximum Gasteiger partial charge on any atom is 0.0904 e. The van der Waals surface area contributed by atoms with E-state index >= 15 is 0 Å². The highest BCUT2D eigenvalue weighted by molar-refractivity contribution is 5.85. The average molecular weight is 196 g/mol. The third-order valence-corrected chi connectivity index (χ3v) is 2.11. The summed E-state index contributed by atoms with van der Waals surface area (Å²) in [7, 11) is 0. The van der Waals surface area contributed by atoms with E-state index in [9.17, 15) is 5.11 Å². The van der Waals surface area contributed by atoms with Crippen molar-refractivity contribution < 1.29 is 9.84 Å². The van der Waals surface area contributed by atoms with E-state index in [4.69, 9.17) is 4.74 Å². The SMILES string of the molecule is CCOCC1(O)CCNCC1.Cl. The number of nitrogens with one attached hydrogen (secondary N) is 1. The first-order valence-electron chi connectivity index (χ1n) is 4.28. The van der Waals surface area contributed by atoms with Gasteiger partial charge in [-0.3, -0.25) is 0 Å². The van der Waals surface area contributed by atoms with Crippen LogP contribution in [-0.2, 0) is 4.74 Å². The quantitative estimate of drug-likeness (QED) is 0.692. The maximum absolute atomic E-state index is 9.84. The van der Waals surface area contributed by atoms with Crippen molar-refractivity contribution in [1.82, 2.24) is 5.32 Å². The summed E-state index contributed by atoms with van der Waals surface area (Å²) in [5.41, 5.74) is -0.554. The zero-order valence-electron chi connectivity index (χ0n) is 7.51. The van der Waals surface area contributed by atoms with Crippen molar-refractivity contribution in [2.24, 2.45) is 0 Å². The van der Waals surface area contributed by atoms with E-state index in [1.54, 1.807) is 0 Å². The molecule has 1 saturated heterocycles. The summed E-state index contributed by atoms with van der Waals surface area (Å²) in [6, 6.07) is 0. The molecule has 0 radical (unpaired) electrons. The number of piperidine rings is 1. The molecule has 0 aromatic rings. The fraction of sp³-hybridized carbons (Fsp3) is 1.00. The highest BCUT2D eigenvalue weighted by atomic mass is 35.5. The normalized spacial score (nSPS) is 21.5. The van der Waals surface area contributed by atoms with Crippen molar-refractivity contribution in [2.45, 2.75) is 25.4 Å². The summed E-state index contributed by atoms with van der Waals surface area (Å²) in [5, 5.41) is 13.0. The molecule has 0 aromatic heterocycles. The molecule has 3 nitrogen and oxygen atoms in total. The van der Waals surface area contributed by atoms with Crippen molar-refractivity contribution >= 4 is 12.4 Å². The molecular formula is C8H18ClNO2. The molecule has 1 aliphatic heterocycles. The lowest BCUT2D eigenvalue weighted by Crippen LogP contribution is -2.45. The predicted octanol–water partition coefficient (Wildman–Crippen LogP) is 0.559. The Kier molecular flexibility index (Phi) is 5.84. The number of halogens is 1. The average Bonchev–Trinajstić information content (AvgIpc) is 2.03. The molecule has 1 heterocycles. The monoisotopic (exact) mass is 195 g/mol. The molecule has 0 atom stereocenters. The van der Waals surface area contributed by atoms with Gasteiger partial charge in [0.1, 0.15) is 0 Å². The Morgan fingerprint density at radius 3 is 2.50 bits per heavy atom. The molecule has 4 heteroatoms.